The average Bonchev–Trinajstić information content (AvgIpc) is 2.11. The second kappa shape index (κ2) is 5.58. The molecule has 0 spiro atoms. The molecule has 3 N–H and O–H groups in total. The molecular formula is C11H14Cl2N2O2. The predicted octanol–water partition coefficient (Wildman–Crippen LogP) is 2.89. The standard InChI is InChI=1S/C11H14Cl2N2O2/c1-11(2,17)6-14-10(16)15-9-4-7(12)3-8(13)5-9/h3-5,17H,6H2,1-2H3,(H2,14,15,16). The van der Waals surface area contributed by atoms with E-state index < -0.39 is 11.6 Å². The van der Waals surface area contributed by atoms with Crippen LogP contribution in [0.3, 0.4) is 0 Å². The van der Waals surface area contributed by atoms with Crippen molar-refractivity contribution in [1.29, 1.82) is 0 Å². The molecular weight excluding hydrogens is 263 g/mol. The maximum Gasteiger partial charge on any atom is 0.319 e. The Balaban J connectivity index is 2.56. The molecule has 94 valence electrons. The molecule has 1 rings (SSSR count). The molecule has 0 saturated carbocycles. The van der Waals surface area contributed by atoms with Crippen LogP contribution in [0.4, 0.5) is 10.5 Å². The van der Waals surface area contributed by atoms with Gasteiger partial charge in [0, 0.05) is 22.3 Å². The third kappa shape index (κ3) is 5.77. The molecule has 0 atom stereocenters. The summed E-state index contributed by atoms with van der Waals surface area (Å²) in [6, 6.07) is 4.31. The molecule has 2 amide bonds. The molecule has 0 aliphatic carbocycles. The van der Waals surface area contributed by atoms with Crippen molar-refractivity contribution < 1.29 is 9.90 Å². The third-order valence-electron chi connectivity index (χ3n) is 1.80. The van der Waals surface area contributed by atoms with E-state index in [-0.39, 0.29) is 6.54 Å². The second-order valence-electron chi connectivity index (χ2n) is 4.28. The lowest BCUT2D eigenvalue weighted by Gasteiger charge is -2.17. The van der Waals surface area contributed by atoms with E-state index in [1.165, 1.54) is 0 Å². The van der Waals surface area contributed by atoms with Crippen LogP contribution in [-0.2, 0) is 0 Å². The van der Waals surface area contributed by atoms with Gasteiger partial charge in [0.2, 0.25) is 0 Å². The SMILES string of the molecule is CC(C)(O)CNC(=O)Nc1cc(Cl)cc(Cl)c1. The molecule has 0 aliphatic rings. The zero-order valence-corrected chi connectivity index (χ0v) is 11.1. The zero-order valence-electron chi connectivity index (χ0n) is 9.55. The quantitative estimate of drug-likeness (QED) is 0.795. The summed E-state index contributed by atoms with van der Waals surface area (Å²) < 4.78 is 0. The van der Waals surface area contributed by atoms with Gasteiger partial charge in [-0.2, -0.15) is 0 Å². The van der Waals surface area contributed by atoms with E-state index in [0.717, 1.165) is 0 Å². The fourth-order valence-corrected chi connectivity index (χ4v) is 1.62. The van der Waals surface area contributed by atoms with Crippen LogP contribution in [0.15, 0.2) is 18.2 Å². The zero-order chi connectivity index (χ0) is 13.1. The van der Waals surface area contributed by atoms with Crippen molar-refractivity contribution in [3.8, 4) is 0 Å². The topological polar surface area (TPSA) is 61.4 Å². The molecule has 0 radical (unpaired) electrons. The fraction of sp³-hybridized carbons (Fsp3) is 0.364. The first-order chi connectivity index (χ1) is 7.76. The van der Waals surface area contributed by atoms with E-state index in [1.54, 1.807) is 32.0 Å². The van der Waals surface area contributed by atoms with Crippen LogP contribution in [0, 0.1) is 0 Å². The Morgan fingerprint density at radius 1 is 1.29 bits per heavy atom. The molecule has 4 nitrogen and oxygen atoms in total. The second-order valence-corrected chi connectivity index (χ2v) is 5.15. The Bertz CT molecular complexity index is 396. The van der Waals surface area contributed by atoms with Crippen LogP contribution in [0.2, 0.25) is 10.0 Å². The van der Waals surface area contributed by atoms with Gasteiger partial charge >= 0.3 is 6.03 Å². The van der Waals surface area contributed by atoms with Gasteiger partial charge in [0.05, 0.1) is 5.60 Å². The van der Waals surface area contributed by atoms with Crippen molar-refractivity contribution in [2.75, 3.05) is 11.9 Å². The highest BCUT2D eigenvalue weighted by molar-refractivity contribution is 6.35. The van der Waals surface area contributed by atoms with E-state index in [2.05, 4.69) is 10.6 Å². The number of aliphatic hydroxyl groups is 1. The first-order valence-corrected chi connectivity index (χ1v) is 5.75. The van der Waals surface area contributed by atoms with Crippen LogP contribution >= 0.6 is 23.2 Å². The number of hydrogen-bond acceptors (Lipinski definition) is 2. The van der Waals surface area contributed by atoms with Gasteiger partial charge < -0.3 is 15.7 Å². The van der Waals surface area contributed by atoms with E-state index in [1.807, 2.05) is 0 Å². The highest BCUT2D eigenvalue weighted by Crippen LogP contribution is 2.22. The largest absolute Gasteiger partial charge is 0.389 e. The Morgan fingerprint density at radius 2 is 1.82 bits per heavy atom. The summed E-state index contributed by atoms with van der Waals surface area (Å²) in [6.45, 7) is 3.35. The Hall–Kier alpha value is -0.970. The predicted molar refractivity (Wildman–Crippen MR) is 69.8 cm³/mol. The van der Waals surface area contributed by atoms with Gasteiger partial charge in [-0.05, 0) is 32.0 Å². The first-order valence-electron chi connectivity index (χ1n) is 4.99. The van der Waals surface area contributed by atoms with E-state index >= 15 is 0 Å². The summed E-state index contributed by atoms with van der Waals surface area (Å²) >= 11 is 11.6. The average molecular weight is 277 g/mol. The summed E-state index contributed by atoms with van der Waals surface area (Å²) in [5, 5.41) is 15.4. The van der Waals surface area contributed by atoms with Gasteiger partial charge in [-0.3, -0.25) is 0 Å². The number of carbonyl (C=O) groups excluding carboxylic acids is 1. The van der Waals surface area contributed by atoms with Crippen molar-refractivity contribution in [2.45, 2.75) is 19.4 Å². The van der Waals surface area contributed by atoms with Crippen molar-refractivity contribution in [3.63, 3.8) is 0 Å². The van der Waals surface area contributed by atoms with Crippen LogP contribution in [0.25, 0.3) is 0 Å². The van der Waals surface area contributed by atoms with Gasteiger partial charge in [0.1, 0.15) is 0 Å². The lowest BCUT2D eigenvalue weighted by Crippen LogP contribution is -2.40. The summed E-state index contributed by atoms with van der Waals surface area (Å²) in [7, 11) is 0. The minimum Gasteiger partial charge on any atom is -0.389 e. The van der Waals surface area contributed by atoms with Gasteiger partial charge in [0.25, 0.3) is 0 Å². The van der Waals surface area contributed by atoms with E-state index in [0.29, 0.717) is 15.7 Å². The molecule has 1 aromatic carbocycles. The number of carbonyl (C=O) groups is 1. The third-order valence-corrected chi connectivity index (χ3v) is 2.24. The number of rotatable bonds is 3. The van der Waals surface area contributed by atoms with Gasteiger partial charge in [-0.25, -0.2) is 4.79 Å². The molecule has 0 bridgehead atoms. The van der Waals surface area contributed by atoms with E-state index in [4.69, 9.17) is 23.2 Å². The van der Waals surface area contributed by atoms with Crippen LogP contribution in [0.5, 0.6) is 0 Å². The molecule has 6 heteroatoms. The van der Waals surface area contributed by atoms with Crippen molar-refractivity contribution in [1.82, 2.24) is 5.32 Å². The Labute approximate surface area is 110 Å². The summed E-state index contributed by atoms with van der Waals surface area (Å²) in [5.74, 6) is 0. The highest BCUT2D eigenvalue weighted by atomic mass is 35.5. The van der Waals surface area contributed by atoms with Gasteiger partial charge in [-0.15, -0.1) is 0 Å². The molecule has 0 fully saturated rings. The summed E-state index contributed by atoms with van der Waals surface area (Å²) in [4.78, 5) is 11.5. The van der Waals surface area contributed by atoms with Crippen molar-refractivity contribution >= 4 is 34.9 Å². The fourth-order valence-electron chi connectivity index (χ4n) is 1.10. The van der Waals surface area contributed by atoms with Crippen LogP contribution in [0.1, 0.15) is 13.8 Å². The Kier molecular flexibility index (Phi) is 4.62. The molecule has 17 heavy (non-hydrogen) atoms. The summed E-state index contributed by atoms with van der Waals surface area (Å²) in [5.41, 5.74) is -0.459. The molecule has 0 saturated heterocycles. The van der Waals surface area contributed by atoms with E-state index in [9.17, 15) is 9.90 Å². The summed E-state index contributed by atoms with van der Waals surface area (Å²) in [6.07, 6.45) is 0. The number of amides is 2. The van der Waals surface area contributed by atoms with Gasteiger partial charge in [-0.1, -0.05) is 23.2 Å². The normalized spacial score (nSPS) is 11.1. The number of benzene rings is 1. The smallest absolute Gasteiger partial charge is 0.319 e. The number of anilines is 1. The molecule has 0 aromatic heterocycles. The first kappa shape index (κ1) is 14.1. The minimum atomic E-state index is -0.955. The van der Waals surface area contributed by atoms with Crippen LogP contribution < -0.4 is 10.6 Å². The van der Waals surface area contributed by atoms with Crippen molar-refractivity contribution in [3.05, 3.63) is 28.2 Å². The number of urea groups is 1. The lowest BCUT2D eigenvalue weighted by molar-refractivity contribution is 0.0826. The molecule has 0 aliphatic heterocycles. The maximum atomic E-state index is 11.5. The number of halogens is 2. The van der Waals surface area contributed by atoms with Crippen molar-refractivity contribution in [2.24, 2.45) is 0 Å². The van der Waals surface area contributed by atoms with Gasteiger partial charge in [0.15, 0.2) is 0 Å². The maximum absolute atomic E-state index is 11.5. The molecule has 0 unspecified atom stereocenters. The number of nitrogens with one attached hydrogen (secondary N) is 2. The lowest BCUT2D eigenvalue weighted by atomic mass is 10.1. The Morgan fingerprint density at radius 3 is 2.29 bits per heavy atom. The number of hydrogen-bond donors (Lipinski definition) is 3. The molecule has 1 aromatic rings. The monoisotopic (exact) mass is 276 g/mol. The minimum absolute atomic E-state index is 0.146. The molecule has 0 heterocycles. The highest BCUT2D eigenvalue weighted by Gasteiger charge is 2.13. The van der Waals surface area contributed by atoms with Crippen LogP contribution in [-0.4, -0.2) is 23.3 Å².